The molecule has 2 fully saturated rings. The fraction of sp³-hybridized carbons (Fsp3) is 0.714. The number of hydrogen-bond acceptors (Lipinski definition) is 5. The minimum absolute atomic E-state index is 0.0314. The van der Waals surface area contributed by atoms with Crippen LogP contribution in [0, 0.1) is 6.92 Å². The highest BCUT2D eigenvalue weighted by Gasteiger charge is 2.43. The molecule has 0 aliphatic carbocycles. The molecule has 0 saturated carbocycles. The fourth-order valence-corrected chi connectivity index (χ4v) is 4.22. The van der Waals surface area contributed by atoms with Gasteiger partial charge in [0.1, 0.15) is 11.5 Å². The monoisotopic (exact) mass is 314 g/mol. The van der Waals surface area contributed by atoms with Gasteiger partial charge < -0.3 is 9.15 Å². The molecule has 21 heavy (non-hydrogen) atoms. The minimum Gasteiger partial charge on any atom is -0.465 e. The van der Waals surface area contributed by atoms with E-state index in [0.717, 1.165) is 18.1 Å². The lowest BCUT2D eigenvalue weighted by atomic mass is 10.1. The van der Waals surface area contributed by atoms with Crippen LogP contribution >= 0.6 is 0 Å². The molecule has 0 unspecified atom stereocenters. The first-order valence-electron chi connectivity index (χ1n) is 7.38. The number of aryl methyl sites for hydroxylation is 1. The third kappa shape index (κ3) is 3.01. The first-order valence-corrected chi connectivity index (χ1v) is 8.99. The van der Waals surface area contributed by atoms with Crippen molar-refractivity contribution in [2.24, 2.45) is 0 Å². The van der Waals surface area contributed by atoms with Crippen LogP contribution in [0.5, 0.6) is 0 Å². The second kappa shape index (κ2) is 5.72. The van der Waals surface area contributed by atoms with Crippen molar-refractivity contribution in [3.63, 3.8) is 0 Å². The topological polar surface area (TPSA) is 63.0 Å². The molecule has 0 radical (unpaired) electrons. The van der Waals surface area contributed by atoms with Gasteiger partial charge in [0.15, 0.2) is 0 Å². The van der Waals surface area contributed by atoms with Gasteiger partial charge in [-0.3, -0.25) is 4.90 Å². The van der Waals surface area contributed by atoms with Crippen molar-refractivity contribution >= 4 is 10.0 Å². The minimum atomic E-state index is -3.15. The smallest absolute Gasteiger partial charge is 0.213 e. The Labute approximate surface area is 125 Å². The van der Waals surface area contributed by atoms with Crippen LogP contribution in [0.25, 0.3) is 0 Å². The highest BCUT2D eigenvalue weighted by atomic mass is 32.2. The van der Waals surface area contributed by atoms with E-state index >= 15 is 0 Å². The standard InChI is InChI=1S/C14H22N2O4S/c1-3-21(17,18)16-9-13-14(10-16)19-7-6-15(13)8-12-5-4-11(2)20-12/h4-5,13-14H,3,6-10H2,1-2H3/t13-,14+/m1/s1. The second-order valence-electron chi connectivity index (χ2n) is 5.68. The number of morpholine rings is 1. The van der Waals surface area contributed by atoms with Gasteiger partial charge in [0, 0.05) is 19.6 Å². The number of fused-ring (bicyclic) bond motifs is 1. The molecule has 0 spiro atoms. The predicted octanol–water partition coefficient (Wildman–Crippen LogP) is 0.823. The third-order valence-electron chi connectivity index (χ3n) is 4.30. The van der Waals surface area contributed by atoms with Crippen molar-refractivity contribution in [3.05, 3.63) is 23.7 Å². The summed E-state index contributed by atoms with van der Waals surface area (Å²) in [5.74, 6) is 1.96. The molecule has 0 aromatic carbocycles. The molecule has 2 atom stereocenters. The Morgan fingerprint density at radius 2 is 2.14 bits per heavy atom. The highest BCUT2D eigenvalue weighted by Crippen LogP contribution is 2.26. The molecular weight excluding hydrogens is 292 g/mol. The molecule has 2 aliphatic rings. The van der Waals surface area contributed by atoms with E-state index in [4.69, 9.17) is 9.15 Å². The van der Waals surface area contributed by atoms with Gasteiger partial charge >= 0.3 is 0 Å². The zero-order chi connectivity index (χ0) is 15.0. The molecule has 2 saturated heterocycles. The summed E-state index contributed by atoms with van der Waals surface area (Å²) in [6, 6.07) is 4.05. The number of hydrogen-bond donors (Lipinski definition) is 0. The highest BCUT2D eigenvalue weighted by molar-refractivity contribution is 7.89. The van der Waals surface area contributed by atoms with Crippen molar-refractivity contribution < 1.29 is 17.6 Å². The molecule has 7 heteroatoms. The average molecular weight is 314 g/mol. The lowest BCUT2D eigenvalue weighted by molar-refractivity contribution is -0.0521. The van der Waals surface area contributed by atoms with E-state index in [-0.39, 0.29) is 17.9 Å². The van der Waals surface area contributed by atoms with Crippen LogP contribution in [0.1, 0.15) is 18.4 Å². The summed E-state index contributed by atoms with van der Waals surface area (Å²) in [6.45, 7) is 6.74. The predicted molar refractivity (Wildman–Crippen MR) is 78.4 cm³/mol. The van der Waals surface area contributed by atoms with Gasteiger partial charge in [0.2, 0.25) is 10.0 Å². The lowest BCUT2D eigenvalue weighted by Gasteiger charge is -2.36. The zero-order valence-electron chi connectivity index (χ0n) is 12.5. The number of nitrogens with zero attached hydrogens (tertiary/aromatic N) is 2. The first kappa shape index (κ1) is 15.0. The Morgan fingerprint density at radius 3 is 2.81 bits per heavy atom. The van der Waals surface area contributed by atoms with Crippen molar-refractivity contribution in [1.82, 2.24) is 9.21 Å². The zero-order valence-corrected chi connectivity index (χ0v) is 13.3. The van der Waals surface area contributed by atoms with Crippen molar-refractivity contribution in [3.8, 4) is 0 Å². The van der Waals surface area contributed by atoms with Gasteiger partial charge in [0.05, 0.1) is 31.1 Å². The van der Waals surface area contributed by atoms with E-state index in [2.05, 4.69) is 4.90 Å². The molecule has 118 valence electrons. The second-order valence-corrected chi connectivity index (χ2v) is 7.93. The maximum Gasteiger partial charge on any atom is 0.213 e. The van der Waals surface area contributed by atoms with Gasteiger partial charge in [0.25, 0.3) is 0 Å². The SMILES string of the molecule is CCS(=O)(=O)N1C[C@@H]2OCCN(Cc3ccc(C)o3)[C@@H]2C1. The first-order chi connectivity index (χ1) is 9.99. The van der Waals surface area contributed by atoms with Crippen LogP contribution < -0.4 is 0 Å². The van der Waals surface area contributed by atoms with Crippen LogP contribution in [0.3, 0.4) is 0 Å². The van der Waals surface area contributed by atoms with Crippen LogP contribution in [0.15, 0.2) is 16.5 Å². The molecule has 3 heterocycles. The maximum absolute atomic E-state index is 12.0. The molecule has 0 N–H and O–H groups in total. The van der Waals surface area contributed by atoms with E-state index in [1.165, 1.54) is 0 Å². The molecule has 3 rings (SSSR count). The lowest BCUT2D eigenvalue weighted by Crippen LogP contribution is -2.50. The summed E-state index contributed by atoms with van der Waals surface area (Å²) >= 11 is 0. The van der Waals surface area contributed by atoms with Gasteiger partial charge in [-0.05, 0) is 26.0 Å². The van der Waals surface area contributed by atoms with Crippen LogP contribution in [0.2, 0.25) is 0 Å². The van der Waals surface area contributed by atoms with Gasteiger partial charge in [-0.2, -0.15) is 4.31 Å². The fourth-order valence-electron chi connectivity index (χ4n) is 3.10. The molecule has 0 amide bonds. The summed E-state index contributed by atoms with van der Waals surface area (Å²) in [4.78, 5) is 2.28. The van der Waals surface area contributed by atoms with Crippen LogP contribution in [-0.2, 0) is 21.3 Å². The number of ether oxygens (including phenoxy) is 1. The third-order valence-corrected chi connectivity index (χ3v) is 6.11. The quantitative estimate of drug-likeness (QED) is 0.823. The van der Waals surface area contributed by atoms with Crippen LogP contribution in [0.4, 0.5) is 0 Å². The van der Waals surface area contributed by atoms with E-state index in [1.54, 1.807) is 11.2 Å². The number of rotatable bonds is 4. The maximum atomic E-state index is 12.0. The Hall–Kier alpha value is -0.890. The molecule has 2 aliphatic heterocycles. The molecule has 6 nitrogen and oxygen atoms in total. The van der Waals surface area contributed by atoms with E-state index in [1.807, 2.05) is 19.1 Å². The summed E-state index contributed by atoms with van der Waals surface area (Å²) in [5.41, 5.74) is 0. The summed E-state index contributed by atoms with van der Waals surface area (Å²) < 4.78 is 37.1. The van der Waals surface area contributed by atoms with Gasteiger partial charge in [-0.25, -0.2) is 8.42 Å². The van der Waals surface area contributed by atoms with Crippen LogP contribution in [-0.4, -0.2) is 61.8 Å². The number of furan rings is 1. The Kier molecular flexibility index (Phi) is 4.09. The van der Waals surface area contributed by atoms with E-state index in [0.29, 0.717) is 26.2 Å². The Bertz CT molecular complexity index is 598. The number of sulfonamides is 1. The molecule has 0 bridgehead atoms. The van der Waals surface area contributed by atoms with E-state index in [9.17, 15) is 8.42 Å². The van der Waals surface area contributed by atoms with Crippen molar-refractivity contribution in [2.75, 3.05) is 32.0 Å². The summed E-state index contributed by atoms with van der Waals surface area (Å²) in [5, 5.41) is 0. The van der Waals surface area contributed by atoms with E-state index < -0.39 is 10.0 Å². The average Bonchev–Trinajstić information content (AvgIpc) is 3.06. The van der Waals surface area contributed by atoms with Gasteiger partial charge in [-0.15, -0.1) is 0 Å². The molecule has 1 aromatic rings. The van der Waals surface area contributed by atoms with Crippen molar-refractivity contribution in [2.45, 2.75) is 32.5 Å². The summed E-state index contributed by atoms with van der Waals surface area (Å²) in [6.07, 6.45) is -0.0314. The largest absolute Gasteiger partial charge is 0.465 e. The molecule has 1 aromatic heterocycles. The van der Waals surface area contributed by atoms with Gasteiger partial charge in [-0.1, -0.05) is 0 Å². The Balaban J connectivity index is 1.72. The summed E-state index contributed by atoms with van der Waals surface area (Å²) in [7, 11) is -3.15. The molecular formula is C14H22N2O4S. The Morgan fingerprint density at radius 1 is 1.33 bits per heavy atom. The normalized spacial score (nSPS) is 27.9. The van der Waals surface area contributed by atoms with Crippen molar-refractivity contribution in [1.29, 1.82) is 0 Å².